The van der Waals surface area contributed by atoms with E-state index >= 15 is 0 Å². The van der Waals surface area contributed by atoms with Crippen LogP contribution < -0.4 is 5.73 Å². The molecule has 1 fully saturated rings. The van der Waals surface area contributed by atoms with Gasteiger partial charge in [-0.3, -0.25) is 0 Å². The minimum absolute atomic E-state index is 0.422. The van der Waals surface area contributed by atoms with E-state index in [0.717, 1.165) is 0 Å². The number of nitrogens with two attached hydrogens (primary N) is 1. The second kappa shape index (κ2) is 1.42. The number of rotatable bonds is 1. The molecule has 1 saturated carbocycles. The molecule has 4 heteroatoms. The predicted molar refractivity (Wildman–Crippen MR) is 30.0 cm³/mol. The van der Waals surface area contributed by atoms with E-state index in [1.54, 1.807) is 0 Å². The average molecular weight is 186 g/mol. The molecule has 48 valence electrons. The Balaban J connectivity index is 2.58. The maximum absolute atomic E-state index is 12.1. The van der Waals surface area contributed by atoms with Gasteiger partial charge in [-0.1, -0.05) is 0 Å². The summed E-state index contributed by atoms with van der Waals surface area (Å²) in [6, 6.07) is 0. The van der Waals surface area contributed by atoms with Crippen molar-refractivity contribution in [3.8, 4) is 0 Å². The minimum Gasteiger partial charge on any atom is -0.319 e. The normalized spacial score (nSPS) is 25.5. The molecule has 8 heavy (non-hydrogen) atoms. The number of alkyl halides is 3. The second-order valence-electron chi connectivity index (χ2n) is 2.15. The lowest BCUT2D eigenvalue weighted by atomic mass is 10.3. The van der Waals surface area contributed by atoms with Crippen LogP contribution in [-0.2, 0) is 0 Å². The Morgan fingerprint density at radius 2 is 1.88 bits per heavy atom. The van der Waals surface area contributed by atoms with Gasteiger partial charge in [0.15, 0.2) is 0 Å². The van der Waals surface area contributed by atoms with E-state index in [2.05, 4.69) is 15.9 Å². The smallest absolute Gasteiger partial charge is 0.318 e. The Hall–Kier alpha value is 0.300. The number of halogens is 3. The predicted octanol–water partition coefficient (Wildman–Crippen LogP) is 1.47. The average Bonchev–Trinajstić information content (AvgIpc) is 2.16. The van der Waals surface area contributed by atoms with Gasteiger partial charge >= 0.3 is 4.83 Å². The summed E-state index contributed by atoms with van der Waals surface area (Å²) in [4.78, 5) is -2.86. The third-order valence-electron chi connectivity index (χ3n) is 1.35. The van der Waals surface area contributed by atoms with E-state index in [9.17, 15) is 8.78 Å². The van der Waals surface area contributed by atoms with Crippen molar-refractivity contribution >= 4 is 15.9 Å². The van der Waals surface area contributed by atoms with E-state index in [4.69, 9.17) is 5.73 Å². The van der Waals surface area contributed by atoms with Crippen LogP contribution in [0.3, 0.4) is 0 Å². The van der Waals surface area contributed by atoms with E-state index in [1.165, 1.54) is 0 Å². The van der Waals surface area contributed by atoms with Crippen LogP contribution in [0.2, 0.25) is 0 Å². The third kappa shape index (κ3) is 0.865. The maximum Gasteiger partial charge on any atom is 0.318 e. The molecule has 0 bridgehead atoms. The molecule has 2 N–H and O–H groups in total. The van der Waals surface area contributed by atoms with Gasteiger partial charge in [0.05, 0.1) is 5.54 Å². The molecule has 0 radical (unpaired) electrons. The second-order valence-corrected chi connectivity index (χ2v) is 3.15. The Morgan fingerprint density at radius 3 is 1.88 bits per heavy atom. The first-order valence-corrected chi connectivity index (χ1v) is 3.11. The standard InChI is InChI=1S/C4H6BrF2N/c5-4(6,7)3(8)1-2-3/h1-2,8H2. The molecule has 1 aliphatic carbocycles. The number of hydrogen-bond donors (Lipinski definition) is 1. The zero-order valence-electron chi connectivity index (χ0n) is 4.13. The van der Waals surface area contributed by atoms with Gasteiger partial charge in [0, 0.05) is 0 Å². The highest BCUT2D eigenvalue weighted by Crippen LogP contribution is 2.48. The van der Waals surface area contributed by atoms with Crippen molar-refractivity contribution in [1.82, 2.24) is 0 Å². The summed E-state index contributed by atoms with van der Waals surface area (Å²) in [5.74, 6) is 0. The Labute approximate surface area is 54.4 Å². The molecule has 0 aromatic carbocycles. The van der Waals surface area contributed by atoms with Crippen LogP contribution in [0.4, 0.5) is 8.78 Å². The minimum atomic E-state index is -2.86. The van der Waals surface area contributed by atoms with Crippen molar-refractivity contribution < 1.29 is 8.78 Å². The van der Waals surface area contributed by atoms with Gasteiger partial charge in [-0.15, -0.1) is 0 Å². The fourth-order valence-electron chi connectivity index (χ4n) is 0.418. The SMILES string of the molecule is NC1(C(F)(F)Br)CC1. The first-order valence-electron chi connectivity index (χ1n) is 2.31. The lowest BCUT2D eigenvalue weighted by molar-refractivity contribution is 0.0725. The van der Waals surface area contributed by atoms with Crippen molar-refractivity contribution in [2.75, 3.05) is 0 Å². The zero-order chi connectivity index (χ0) is 6.41. The van der Waals surface area contributed by atoms with E-state index < -0.39 is 10.4 Å². The fourth-order valence-corrected chi connectivity index (χ4v) is 0.815. The Kier molecular flexibility index (Phi) is 1.14. The topological polar surface area (TPSA) is 26.0 Å². The van der Waals surface area contributed by atoms with Gasteiger partial charge in [0.1, 0.15) is 0 Å². The zero-order valence-corrected chi connectivity index (χ0v) is 5.71. The first kappa shape index (κ1) is 6.42. The van der Waals surface area contributed by atoms with Gasteiger partial charge in [-0.2, -0.15) is 8.78 Å². The summed E-state index contributed by atoms with van der Waals surface area (Å²) < 4.78 is 24.2. The molecular formula is C4H6BrF2N. The molecule has 0 aromatic heterocycles. The van der Waals surface area contributed by atoms with Crippen molar-refractivity contribution in [3.05, 3.63) is 0 Å². The monoisotopic (exact) mass is 185 g/mol. The van der Waals surface area contributed by atoms with Crippen LogP contribution in [0.15, 0.2) is 0 Å². The largest absolute Gasteiger partial charge is 0.319 e. The van der Waals surface area contributed by atoms with E-state index in [0.29, 0.717) is 12.8 Å². The maximum atomic E-state index is 12.1. The summed E-state index contributed by atoms with van der Waals surface area (Å²) in [5.41, 5.74) is 3.90. The quantitative estimate of drug-likeness (QED) is 0.616. The highest BCUT2D eigenvalue weighted by molar-refractivity contribution is 9.10. The Morgan fingerprint density at radius 1 is 1.50 bits per heavy atom. The molecule has 0 spiro atoms. The van der Waals surface area contributed by atoms with Gasteiger partial charge in [-0.25, -0.2) is 0 Å². The third-order valence-corrected chi connectivity index (χ3v) is 2.14. The van der Waals surface area contributed by atoms with Gasteiger partial charge in [0.25, 0.3) is 0 Å². The summed E-state index contributed by atoms with van der Waals surface area (Å²) in [6.45, 7) is 0. The van der Waals surface area contributed by atoms with Crippen LogP contribution in [-0.4, -0.2) is 10.4 Å². The van der Waals surface area contributed by atoms with Crippen molar-refractivity contribution in [2.24, 2.45) is 5.73 Å². The van der Waals surface area contributed by atoms with Crippen LogP contribution in [0.25, 0.3) is 0 Å². The molecule has 0 aliphatic heterocycles. The summed E-state index contributed by atoms with van der Waals surface area (Å²) in [7, 11) is 0. The van der Waals surface area contributed by atoms with Gasteiger partial charge in [0.2, 0.25) is 0 Å². The van der Waals surface area contributed by atoms with Crippen molar-refractivity contribution in [3.63, 3.8) is 0 Å². The van der Waals surface area contributed by atoms with Crippen LogP contribution in [0, 0.1) is 0 Å². The molecule has 0 saturated heterocycles. The lowest BCUT2D eigenvalue weighted by Gasteiger charge is -2.14. The van der Waals surface area contributed by atoms with Crippen LogP contribution in [0.1, 0.15) is 12.8 Å². The van der Waals surface area contributed by atoms with E-state index in [-0.39, 0.29) is 0 Å². The van der Waals surface area contributed by atoms with Crippen molar-refractivity contribution in [2.45, 2.75) is 23.2 Å². The first-order chi connectivity index (χ1) is 3.46. The molecule has 1 nitrogen and oxygen atoms in total. The summed E-state index contributed by atoms with van der Waals surface area (Å²) in [6.07, 6.45) is 0.844. The molecule has 0 atom stereocenters. The fraction of sp³-hybridized carbons (Fsp3) is 1.00. The van der Waals surface area contributed by atoms with Crippen molar-refractivity contribution in [1.29, 1.82) is 0 Å². The summed E-state index contributed by atoms with van der Waals surface area (Å²) in [5, 5.41) is 0. The molecule has 0 heterocycles. The van der Waals surface area contributed by atoms with Crippen LogP contribution in [0.5, 0.6) is 0 Å². The molecule has 0 unspecified atom stereocenters. The molecule has 1 aliphatic rings. The van der Waals surface area contributed by atoms with Gasteiger partial charge in [-0.05, 0) is 28.8 Å². The number of hydrogen-bond acceptors (Lipinski definition) is 1. The van der Waals surface area contributed by atoms with Crippen LogP contribution >= 0.6 is 15.9 Å². The molecule has 0 aromatic rings. The summed E-state index contributed by atoms with van der Waals surface area (Å²) >= 11 is 2.20. The molecular weight excluding hydrogens is 180 g/mol. The van der Waals surface area contributed by atoms with Gasteiger partial charge < -0.3 is 5.73 Å². The van der Waals surface area contributed by atoms with E-state index in [1.807, 2.05) is 0 Å². The Bertz CT molecular complexity index is 102. The lowest BCUT2D eigenvalue weighted by Crippen LogP contribution is -2.38. The highest BCUT2D eigenvalue weighted by atomic mass is 79.9. The molecule has 0 amide bonds. The highest BCUT2D eigenvalue weighted by Gasteiger charge is 2.57. The molecule has 1 rings (SSSR count).